The fourth-order valence-corrected chi connectivity index (χ4v) is 1.58. The molecule has 1 heterocycles. The van der Waals surface area contributed by atoms with Crippen molar-refractivity contribution in [3.63, 3.8) is 0 Å². The highest BCUT2D eigenvalue weighted by molar-refractivity contribution is 7.80. The van der Waals surface area contributed by atoms with E-state index in [4.69, 9.17) is 23.7 Å². The van der Waals surface area contributed by atoms with E-state index in [2.05, 4.69) is 0 Å². The van der Waals surface area contributed by atoms with E-state index in [1.165, 1.54) is 0 Å². The van der Waals surface area contributed by atoms with Crippen molar-refractivity contribution < 1.29 is 4.79 Å². The lowest BCUT2D eigenvalue weighted by Gasteiger charge is -2.31. The molecule has 1 aliphatic rings. The van der Waals surface area contributed by atoms with Gasteiger partial charge in [-0.3, -0.25) is 4.79 Å². The van der Waals surface area contributed by atoms with Crippen molar-refractivity contribution in [1.82, 2.24) is 4.90 Å². The summed E-state index contributed by atoms with van der Waals surface area (Å²) in [5.41, 5.74) is 10.6. The van der Waals surface area contributed by atoms with Crippen molar-refractivity contribution in [2.75, 3.05) is 13.1 Å². The Bertz CT molecular complexity index is 187. The summed E-state index contributed by atoms with van der Waals surface area (Å²) in [6.45, 7) is 1.43. The van der Waals surface area contributed by atoms with Crippen LogP contribution in [0.1, 0.15) is 12.8 Å². The molecule has 0 spiro atoms. The average Bonchev–Trinajstić information content (AvgIpc) is 2.04. The number of nitrogens with two attached hydrogens (primary N) is 2. The maximum Gasteiger partial charge on any atom is 0.222 e. The molecule has 1 aliphatic heterocycles. The molecule has 0 saturated carbocycles. The van der Waals surface area contributed by atoms with Crippen LogP contribution in [0.3, 0.4) is 0 Å². The number of amides is 1. The maximum atomic E-state index is 10.8. The number of carbonyl (C=O) groups excluding carboxylic acids is 1. The molecule has 0 aromatic heterocycles. The van der Waals surface area contributed by atoms with E-state index in [1.54, 1.807) is 0 Å². The molecule has 5 heteroatoms. The molecule has 0 aromatic carbocycles. The molecule has 0 aromatic rings. The van der Waals surface area contributed by atoms with Gasteiger partial charge in [0, 0.05) is 13.1 Å². The number of thiocarbonyl (C=S) groups is 1. The molecule has 1 fully saturated rings. The van der Waals surface area contributed by atoms with Crippen LogP contribution < -0.4 is 11.5 Å². The highest BCUT2D eigenvalue weighted by Gasteiger charge is 2.24. The zero-order valence-corrected chi connectivity index (χ0v) is 7.64. The number of hydrogen-bond acceptors (Lipinski definition) is 2. The highest BCUT2D eigenvalue weighted by atomic mass is 32.1. The molecule has 0 aliphatic carbocycles. The summed E-state index contributed by atoms with van der Waals surface area (Å²) in [5, 5.41) is 0.362. The summed E-state index contributed by atoms with van der Waals surface area (Å²) >= 11 is 4.81. The van der Waals surface area contributed by atoms with Crippen LogP contribution in [0.25, 0.3) is 0 Å². The molecule has 4 N–H and O–H groups in total. The van der Waals surface area contributed by atoms with Crippen LogP contribution in [0.2, 0.25) is 0 Å². The Morgan fingerprint density at radius 2 is 2.17 bits per heavy atom. The minimum absolute atomic E-state index is 0.0831. The number of piperidine rings is 1. The predicted molar refractivity (Wildman–Crippen MR) is 50.3 cm³/mol. The van der Waals surface area contributed by atoms with Crippen LogP contribution in [-0.4, -0.2) is 29.0 Å². The molecule has 1 rings (SSSR count). The van der Waals surface area contributed by atoms with E-state index < -0.39 is 0 Å². The smallest absolute Gasteiger partial charge is 0.222 e. The topological polar surface area (TPSA) is 72.4 Å². The normalized spacial score (nSPS) is 23.7. The van der Waals surface area contributed by atoms with Crippen molar-refractivity contribution >= 4 is 23.2 Å². The van der Waals surface area contributed by atoms with Crippen molar-refractivity contribution in [2.24, 2.45) is 17.4 Å². The zero-order chi connectivity index (χ0) is 9.14. The van der Waals surface area contributed by atoms with Crippen molar-refractivity contribution in [1.29, 1.82) is 0 Å². The van der Waals surface area contributed by atoms with E-state index >= 15 is 0 Å². The van der Waals surface area contributed by atoms with Gasteiger partial charge in [0.2, 0.25) is 5.91 Å². The number of likely N-dealkylation sites (tertiary alicyclic amines) is 1. The van der Waals surface area contributed by atoms with Crippen LogP contribution in [0.4, 0.5) is 0 Å². The van der Waals surface area contributed by atoms with Gasteiger partial charge in [0.05, 0.1) is 5.92 Å². The van der Waals surface area contributed by atoms with Gasteiger partial charge >= 0.3 is 0 Å². The lowest BCUT2D eigenvalue weighted by atomic mass is 9.98. The minimum Gasteiger partial charge on any atom is -0.376 e. The first-order valence-corrected chi connectivity index (χ1v) is 4.36. The Kier molecular flexibility index (Phi) is 2.86. The second kappa shape index (κ2) is 3.71. The zero-order valence-electron chi connectivity index (χ0n) is 6.82. The summed E-state index contributed by atoms with van der Waals surface area (Å²) in [6, 6.07) is 0. The molecule has 68 valence electrons. The average molecular weight is 187 g/mol. The van der Waals surface area contributed by atoms with Gasteiger partial charge in [0.1, 0.15) is 0 Å². The number of nitrogens with zero attached hydrogens (tertiary/aromatic N) is 1. The van der Waals surface area contributed by atoms with Crippen molar-refractivity contribution in [3.8, 4) is 0 Å². The van der Waals surface area contributed by atoms with E-state index in [1.807, 2.05) is 4.90 Å². The minimum atomic E-state index is -0.254. The van der Waals surface area contributed by atoms with Gasteiger partial charge < -0.3 is 16.4 Å². The molecule has 4 nitrogen and oxygen atoms in total. The Morgan fingerprint density at radius 1 is 1.50 bits per heavy atom. The Labute approximate surface area is 76.9 Å². The van der Waals surface area contributed by atoms with Crippen LogP contribution in [0.15, 0.2) is 0 Å². The maximum absolute atomic E-state index is 10.8. The first kappa shape index (κ1) is 9.25. The first-order valence-electron chi connectivity index (χ1n) is 3.95. The Hall–Kier alpha value is -0.840. The third-order valence-electron chi connectivity index (χ3n) is 2.14. The number of rotatable bonds is 1. The SMILES string of the molecule is NC(=O)C1CCCN(C(N)=S)C1. The summed E-state index contributed by atoms with van der Waals surface area (Å²) in [5.74, 6) is -0.337. The fraction of sp³-hybridized carbons (Fsp3) is 0.714. The van der Waals surface area contributed by atoms with Gasteiger partial charge in [0.25, 0.3) is 0 Å². The van der Waals surface area contributed by atoms with Crippen LogP contribution in [0, 0.1) is 5.92 Å². The third-order valence-corrected chi connectivity index (χ3v) is 2.39. The first-order chi connectivity index (χ1) is 5.61. The van der Waals surface area contributed by atoms with Gasteiger partial charge in [0.15, 0.2) is 5.11 Å². The van der Waals surface area contributed by atoms with Gasteiger partial charge in [-0.2, -0.15) is 0 Å². The second-order valence-electron chi connectivity index (χ2n) is 3.03. The molecule has 1 amide bonds. The van der Waals surface area contributed by atoms with Crippen molar-refractivity contribution in [3.05, 3.63) is 0 Å². The highest BCUT2D eigenvalue weighted by Crippen LogP contribution is 2.15. The van der Waals surface area contributed by atoms with Crippen LogP contribution >= 0.6 is 12.2 Å². The van der Waals surface area contributed by atoms with Gasteiger partial charge in [-0.1, -0.05) is 0 Å². The van der Waals surface area contributed by atoms with E-state index in [-0.39, 0.29) is 11.8 Å². The monoisotopic (exact) mass is 187 g/mol. The van der Waals surface area contributed by atoms with E-state index in [9.17, 15) is 4.79 Å². The van der Waals surface area contributed by atoms with Crippen LogP contribution in [0.5, 0.6) is 0 Å². The molecular formula is C7H13N3OS. The summed E-state index contributed by atoms with van der Waals surface area (Å²) < 4.78 is 0. The quantitative estimate of drug-likeness (QED) is 0.539. The molecule has 0 radical (unpaired) electrons. The fourth-order valence-electron chi connectivity index (χ4n) is 1.41. The van der Waals surface area contributed by atoms with Crippen molar-refractivity contribution in [2.45, 2.75) is 12.8 Å². The summed E-state index contributed by atoms with van der Waals surface area (Å²) in [7, 11) is 0. The lowest BCUT2D eigenvalue weighted by Crippen LogP contribution is -2.46. The molecule has 0 bridgehead atoms. The number of carbonyl (C=O) groups is 1. The Morgan fingerprint density at radius 3 is 2.67 bits per heavy atom. The summed E-state index contributed by atoms with van der Waals surface area (Å²) in [6.07, 6.45) is 1.79. The lowest BCUT2D eigenvalue weighted by molar-refractivity contribution is -0.122. The van der Waals surface area contributed by atoms with Gasteiger partial charge in [-0.25, -0.2) is 0 Å². The largest absolute Gasteiger partial charge is 0.376 e. The van der Waals surface area contributed by atoms with E-state index in [0.29, 0.717) is 11.7 Å². The molecule has 1 saturated heterocycles. The standard InChI is InChI=1S/C7H13N3OS/c8-6(11)5-2-1-3-10(4-5)7(9)12/h5H,1-4H2,(H2,8,11)(H2,9,12). The predicted octanol–water partition coefficient (Wildman–Crippen LogP) is -0.573. The Balaban J connectivity index is 2.51. The van der Waals surface area contributed by atoms with Gasteiger partial charge in [-0.05, 0) is 25.1 Å². The third kappa shape index (κ3) is 2.07. The second-order valence-corrected chi connectivity index (χ2v) is 3.44. The van der Waals surface area contributed by atoms with Gasteiger partial charge in [-0.15, -0.1) is 0 Å². The van der Waals surface area contributed by atoms with E-state index in [0.717, 1.165) is 19.4 Å². The molecule has 1 unspecified atom stereocenters. The molecular weight excluding hydrogens is 174 g/mol. The van der Waals surface area contributed by atoms with Crippen LogP contribution in [-0.2, 0) is 4.79 Å². The summed E-state index contributed by atoms with van der Waals surface area (Å²) in [4.78, 5) is 12.7. The molecule has 1 atom stereocenters. The number of hydrogen-bond donors (Lipinski definition) is 2. The number of primary amides is 1. The molecule has 12 heavy (non-hydrogen) atoms.